The number of amidine groups is 1. The normalized spacial score (nSPS) is 10.4. The second kappa shape index (κ2) is 6.86. The Bertz CT molecular complexity index is 364. The van der Waals surface area contributed by atoms with Gasteiger partial charge in [-0.05, 0) is 30.6 Å². The molecule has 1 aromatic carbocycles. The minimum absolute atomic E-state index is 0.170. The molecule has 0 fully saturated rings. The maximum absolute atomic E-state index is 7.65. The lowest BCUT2D eigenvalue weighted by atomic mass is 10.2. The zero-order valence-corrected chi connectivity index (χ0v) is 11.4. The fourth-order valence-corrected chi connectivity index (χ4v) is 3.29. The Hall–Kier alpha value is -0.610. The van der Waals surface area contributed by atoms with Crippen molar-refractivity contribution in [1.29, 1.82) is 5.41 Å². The number of hydrogen-bond acceptors (Lipinski definition) is 3. The summed E-state index contributed by atoms with van der Waals surface area (Å²) in [6.07, 6.45) is 4.42. The standard InChI is InChI=1S/C12H18N2S2/c1-3-4-8-16-10-7-5-6-9(15-2)11(10)12(13)14/h5-7H,3-4,8H2,1-2H3,(H3,13,14). The predicted molar refractivity (Wildman–Crippen MR) is 74.9 cm³/mol. The monoisotopic (exact) mass is 254 g/mol. The lowest BCUT2D eigenvalue weighted by molar-refractivity contribution is 0.896. The van der Waals surface area contributed by atoms with Gasteiger partial charge in [0.1, 0.15) is 5.84 Å². The van der Waals surface area contributed by atoms with Crippen molar-refractivity contribution in [2.45, 2.75) is 29.6 Å². The van der Waals surface area contributed by atoms with E-state index in [0.717, 1.165) is 21.1 Å². The summed E-state index contributed by atoms with van der Waals surface area (Å²) in [5.41, 5.74) is 6.55. The van der Waals surface area contributed by atoms with Crippen molar-refractivity contribution < 1.29 is 0 Å². The Morgan fingerprint density at radius 2 is 2.06 bits per heavy atom. The van der Waals surface area contributed by atoms with E-state index < -0.39 is 0 Å². The highest BCUT2D eigenvalue weighted by atomic mass is 32.2. The summed E-state index contributed by atoms with van der Waals surface area (Å²) in [6.45, 7) is 2.19. The molecule has 0 radical (unpaired) electrons. The van der Waals surface area contributed by atoms with E-state index in [1.165, 1.54) is 12.8 Å². The van der Waals surface area contributed by atoms with Crippen molar-refractivity contribution in [3.8, 4) is 0 Å². The van der Waals surface area contributed by atoms with Gasteiger partial charge in [0.25, 0.3) is 0 Å². The lowest BCUT2D eigenvalue weighted by Crippen LogP contribution is -2.13. The number of rotatable bonds is 6. The molecule has 0 aliphatic heterocycles. The first kappa shape index (κ1) is 13.5. The molecule has 0 unspecified atom stereocenters. The van der Waals surface area contributed by atoms with Gasteiger partial charge in [0.2, 0.25) is 0 Å². The minimum atomic E-state index is 0.170. The van der Waals surface area contributed by atoms with Crippen molar-refractivity contribution >= 4 is 29.4 Å². The second-order valence-corrected chi connectivity index (χ2v) is 5.43. The molecule has 0 aromatic heterocycles. The van der Waals surface area contributed by atoms with Gasteiger partial charge in [-0.2, -0.15) is 0 Å². The van der Waals surface area contributed by atoms with E-state index in [9.17, 15) is 0 Å². The largest absolute Gasteiger partial charge is 0.384 e. The molecule has 0 heterocycles. The molecule has 0 saturated heterocycles. The molecule has 1 rings (SSSR count). The molecule has 16 heavy (non-hydrogen) atoms. The second-order valence-electron chi connectivity index (χ2n) is 3.45. The predicted octanol–water partition coefficient (Wildman–Crippen LogP) is 3.58. The highest BCUT2D eigenvalue weighted by Gasteiger charge is 2.10. The van der Waals surface area contributed by atoms with E-state index in [4.69, 9.17) is 11.1 Å². The summed E-state index contributed by atoms with van der Waals surface area (Å²) in [7, 11) is 0. The molecule has 0 amide bonds. The molecular formula is C12H18N2S2. The van der Waals surface area contributed by atoms with Crippen LogP contribution in [0.5, 0.6) is 0 Å². The Balaban J connectivity index is 2.93. The Morgan fingerprint density at radius 3 is 2.62 bits per heavy atom. The van der Waals surface area contributed by atoms with Crippen LogP contribution in [0.25, 0.3) is 0 Å². The summed E-state index contributed by atoms with van der Waals surface area (Å²) >= 11 is 3.44. The van der Waals surface area contributed by atoms with Crippen molar-refractivity contribution in [2.24, 2.45) is 5.73 Å². The first-order valence-corrected chi connectivity index (χ1v) is 7.56. The minimum Gasteiger partial charge on any atom is -0.384 e. The number of benzene rings is 1. The Kier molecular flexibility index (Phi) is 5.77. The summed E-state index contributed by atoms with van der Waals surface area (Å²) < 4.78 is 0. The van der Waals surface area contributed by atoms with Crippen LogP contribution in [0.3, 0.4) is 0 Å². The van der Waals surface area contributed by atoms with Crippen LogP contribution in [0.1, 0.15) is 25.3 Å². The van der Waals surface area contributed by atoms with Crippen molar-refractivity contribution in [2.75, 3.05) is 12.0 Å². The van der Waals surface area contributed by atoms with E-state index in [1.54, 1.807) is 23.5 Å². The smallest absolute Gasteiger partial charge is 0.125 e. The van der Waals surface area contributed by atoms with Crippen LogP contribution in [0, 0.1) is 5.41 Å². The zero-order valence-electron chi connectivity index (χ0n) is 9.75. The molecule has 2 nitrogen and oxygen atoms in total. The van der Waals surface area contributed by atoms with E-state index in [1.807, 2.05) is 18.4 Å². The number of nitrogens with two attached hydrogens (primary N) is 1. The quantitative estimate of drug-likeness (QED) is 0.353. The van der Waals surface area contributed by atoms with Gasteiger partial charge in [0.15, 0.2) is 0 Å². The van der Waals surface area contributed by atoms with E-state index in [0.29, 0.717) is 0 Å². The van der Waals surface area contributed by atoms with Gasteiger partial charge in [-0.25, -0.2) is 0 Å². The average molecular weight is 254 g/mol. The van der Waals surface area contributed by atoms with E-state index in [-0.39, 0.29) is 5.84 Å². The van der Waals surface area contributed by atoms with Gasteiger partial charge >= 0.3 is 0 Å². The number of thioether (sulfide) groups is 2. The van der Waals surface area contributed by atoms with E-state index >= 15 is 0 Å². The molecule has 0 atom stereocenters. The van der Waals surface area contributed by atoms with Crippen LogP contribution < -0.4 is 5.73 Å². The van der Waals surface area contributed by atoms with E-state index in [2.05, 4.69) is 13.0 Å². The van der Waals surface area contributed by atoms with Gasteiger partial charge < -0.3 is 5.73 Å². The number of nitrogen functional groups attached to an aromatic ring is 1. The molecule has 0 bridgehead atoms. The van der Waals surface area contributed by atoms with Crippen LogP contribution in [0.2, 0.25) is 0 Å². The third-order valence-electron chi connectivity index (χ3n) is 2.23. The Labute approximate surface area is 106 Å². The SMILES string of the molecule is CCCCSc1cccc(SC)c1C(=N)N. The topological polar surface area (TPSA) is 49.9 Å². The average Bonchev–Trinajstić information content (AvgIpc) is 2.28. The molecule has 4 heteroatoms. The molecular weight excluding hydrogens is 236 g/mol. The maximum atomic E-state index is 7.65. The summed E-state index contributed by atoms with van der Waals surface area (Å²) in [5, 5.41) is 7.65. The first-order chi connectivity index (χ1) is 7.70. The molecule has 0 spiro atoms. The maximum Gasteiger partial charge on any atom is 0.125 e. The van der Waals surface area contributed by atoms with Crippen molar-refractivity contribution in [3.05, 3.63) is 23.8 Å². The Morgan fingerprint density at radius 1 is 1.38 bits per heavy atom. The van der Waals surface area contributed by atoms with Crippen LogP contribution in [0.15, 0.2) is 28.0 Å². The fraction of sp³-hybridized carbons (Fsp3) is 0.417. The summed E-state index contributed by atoms with van der Waals surface area (Å²) in [4.78, 5) is 2.22. The summed E-state index contributed by atoms with van der Waals surface area (Å²) in [5.74, 6) is 1.26. The summed E-state index contributed by atoms with van der Waals surface area (Å²) in [6, 6.07) is 6.11. The molecule has 3 N–H and O–H groups in total. The molecule has 88 valence electrons. The van der Waals surface area contributed by atoms with Crippen LogP contribution in [-0.2, 0) is 0 Å². The van der Waals surface area contributed by atoms with Crippen molar-refractivity contribution in [3.63, 3.8) is 0 Å². The van der Waals surface area contributed by atoms with Gasteiger partial charge in [-0.3, -0.25) is 5.41 Å². The van der Waals surface area contributed by atoms with Crippen LogP contribution in [0.4, 0.5) is 0 Å². The first-order valence-electron chi connectivity index (χ1n) is 5.34. The number of unbranched alkanes of at least 4 members (excludes halogenated alkanes) is 1. The number of hydrogen-bond donors (Lipinski definition) is 2. The van der Waals surface area contributed by atoms with Crippen LogP contribution in [-0.4, -0.2) is 17.8 Å². The highest BCUT2D eigenvalue weighted by Crippen LogP contribution is 2.30. The van der Waals surface area contributed by atoms with Gasteiger partial charge in [0, 0.05) is 15.4 Å². The lowest BCUT2D eigenvalue weighted by Gasteiger charge is -2.11. The third kappa shape index (κ3) is 3.46. The fourth-order valence-electron chi connectivity index (χ4n) is 1.39. The molecule has 1 aromatic rings. The van der Waals surface area contributed by atoms with Crippen molar-refractivity contribution in [1.82, 2.24) is 0 Å². The van der Waals surface area contributed by atoms with Crippen LogP contribution >= 0.6 is 23.5 Å². The molecule has 0 aliphatic rings. The highest BCUT2D eigenvalue weighted by molar-refractivity contribution is 8.00. The van der Waals surface area contributed by atoms with Gasteiger partial charge in [-0.15, -0.1) is 23.5 Å². The third-order valence-corrected chi connectivity index (χ3v) is 4.16. The van der Waals surface area contributed by atoms with Gasteiger partial charge in [0.05, 0.1) is 0 Å². The molecule has 0 saturated carbocycles. The zero-order chi connectivity index (χ0) is 12.0. The van der Waals surface area contributed by atoms with Gasteiger partial charge in [-0.1, -0.05) is 19.4 Å². The molecule has 0 aliphatic carbocycles. The number of nitrogens with one attached hydrogen (secondary N) is 1.